The van der Waals surface area contributed by atoms with Gasteiger partial charge in [-0.05, 0) is 36.2 Å². The van der Waals surface area contributed by atoms with Gasteiger partial charge in [0.25, 0.3) is 5.91 Å². The highest BCUT2D eigenvalue weighted by Crippen LogP contribution is 2.40. The van der Waals surface area contributed by atoms with E-state index in [1.165, 1.54) is 19.1 Å². The van der Waals surface area contributed by atoms with Crippen LogP contribution in [0.5, 0.6) is 0 Å². The second-order valence-corrected chi connectivity index (χ2v) is 6.75. The molecule has 0 saturated heterocycles. The van der Waals surface area contributed by atoms with Gasteiger partial charge in [0.1, 0.15) is 19.0 Å². The SMILES string of the molecule is COC(=O)OCCOC1=C(C(=O)Nc2ccccn2)N(C)Sc2ccccc21. The number of anilines is 1. The molecule has 0 fully saturated rings. The average molecular weight is 401 g/mol. The van der Waals surface area contributed by atoms with Crippen LogP contribution in [0.2, 0.25) is 0 Å². The number of nitrogens with zero attached hydrogens (tertiary/aromatic N) is 2. The molecule has 0 aliphatic carbocycles. The third-order valence-electron chi connectivity index (χ3n) is 3.73. The molecule has 1 aromatic carbocycles. The van der Waals surface area contributed by atoms with Crippen LogP contribution >= 0.6 is 11.9 Å². The number of fused-ring (bicyclic) bond motifs is 1. The van der Waals surface area contributed by atoms with Gasteiger partial charge in [0.05, 0.1) is 7.11 Å². The van der Waals surface area contributed by atoms with Gasteiger partial charge in [-0.3, -0.25) is 4.79 Å². The molecule has 2 heterocycles. The Kier molecular flexibility index (Phi) is 6.38. The lowest BCUT2D eigenvalue weighted by atomic mass is 10.1. The van der Waals surface area contributed by atoms with Crippen LogP contribution in [-0.4, -0.2) is 48.7 Å². The van der Waals surface area contributed by atoms with Gasteiger partial charge in [0.2, 0.25) is 0 Å². The van der Waals surface area contributed by atoms with Crippen molar-refractivity contribution >= 4 is 35.6 Å². The number of amides is 1. The number of benzene rings is 1. The molecular formula is C19H19N3O5S. The summed E-state index contributed by atoms with van der Waals surface area (Å²) < 4.78 is 16.9. The molecule has 0 atom stereocenters. The Labute approximate surface area is 166 Å². The molecule has 1 N–H and O–H groups in total. The highest BCUT2D eigenvalue weighted by molar-refractivity contribution is 7.97. The van der Waals surface area contributed by atoms with Crippen molar-refractivity contribution in [3.05, 3.63) is 59.9 Å². The molecule has 0 radical (unpaired) electrons. The van der Waals surface area contributed by atoms with Crippen LogP contribution in [0.25, 0.3) is 5.76 Å². The number of methoxy groups -OCH3 is 1. The summed E-state index contributed by atoms with van der Waals surface area (Å²) in [5.41, 5.74) is 1.13. The summed E-state index contributed by atoms with van der Waals surface area (Å²) in [6.45, 7) is 0.0575. The number of rotatable bonds is 6. The molecule has 8 nitrogen and oxygen atoms in total. The van der Waals surface area contributed by atoms with Crippen LogP contribution in [0.3, 0.4) is 0 Å². The third-order valence-corrected chi connectivity index (χ3v) is 4.74. The number of hydrogen-bond donors (Lipinski definition) is 1. The molecule has 0 unspecified atom stereocenters. The van der Waals surface area contributed by atoms with Crippen molar-refractivity contribution in [2.24, 2.45) is 0 Å². The van der Waals surface area contributed by atoms with Gasteiger partial charge in [-0.25, -0.2) is 9.78 Å². The first-order valence-corrected chi connectivity index (χ1v) is 9.18. The number of pyridine rings is 1. The molecule has 2 aromatic rings. The van der Waals surface area contributed by atoms with E-state index in [0.717, 1.165) is 10.5 Å². The van der Waals surface area contributed by atoms with E-state index in [0.29, 0.717) is 17.3 Å². The molecule has 1 aliphatic rings. The predicted molar refractivity (Wildman–Crippen MR) is 104 cm³/mol. The zero-order valence-corrected chi connectivity index (χ0v) is 16.2. The lowest BCUT2D eigenvalue weighted by Crippen LogP contribution is -2.28. The summed E-state index contributed by atoms with van der Waals surface area (Å²) in [6, 6.07) is 12.9. The number of carbonyl (C=O) groups is 2. The standard InChI is InChI=1S/C19H19N3O5S/c1-22-16(18(23)21-15-9-5-6-10-20-15)17(26-11-12-27-19(24)25-2)13-7-3-4-8-14(13)28-22/h3-10H,11-12H2,1-2H3,(H,20,21,23). The number of hydrogen-bond acceptors (Lipinski definition) is 8. The summed E-state index contributed by atoms with van der Waals surface area (Å²) >= 11 is 1.42. The van der Waals surface area contributed by atoms with E-state index in [1.54, 1.807) is 35.7 Å². The van der Waals surface area contributed by atoms with Gasteiger partial charge in [-0.15, -0.1) is 0 Å². The Morgan fingerprint density at radius 3 is 2.68 bits per heavy atom. The van der Waals surface area contributed by atoms with E-state index in [-0.39, 0.29) is 19.1 Å². The lowest BCUT2D eigenvalue weighted by Gasteiger charge is -2.29. The third kappa shape index (κ3) is 4.55. The molecular weight excluding hydrogens is 382 g/mol. The molecule has 1 aliphatic heterocycles. The van der Waals surface area contributed by atoms with Crippen molar-refractivity contribution in [1.29, 1.82) is 0 Å². The van der Waals surface area contributed by atoms with E-state index in [1.807, 2.05) is 24.3 Å². The number of aromatic nitrogens is 1. The second-order valence-electron chi connectivity index (χ2n) is 5.58. The van der Waals surface area contributed by atoms with Crippen LogP contribution in [0, 0.1) is 0 Å². The number of likely N-dealkylation sites (N-methyl/N-ethyl adjacent to an activating group) is 1. The van der Waals surface area contributed by atoms with E-state index in [4.69, 9.17) is 9.47 Å². The number of ether oxygens (including phenoxy) is 3. The maximum absolute atomic E-state index is 12.9. The van der Waals surface area contributed by atoms with Crippen LogP contribution < -0.4 is 5.32 Å². The Morgan fingerprint density at radius 1 is 1.14 bits per heavy atom. The Balaban J connectivity index is 1.86. The fraction of sp³-hybridized carbons (Fsp3) is 0.211. The second kappa shape index (κ2) is 9.14. The van der Waals surface area contributed by atoms with Gasteiger partial charge in [-0.2, -0.15) is 0 Å². The Bertz CT molecular complexity index is 888. The Morgan fingerprint density at radius 2 is 1.93 bits per heavy atom. The van der Waals surface area contributed by atoms with Gasteiger partial charge in [-0.1, -0.05) is 18.2 Å². The molecule has 1 amide bonds. The van der Waals surface area contributed by atoms with E-state index in [2.05, 4.69) is 15.0 Å². The van der Waals surface area contributed by atoms with E-state index < -0.39 is 6.16 Å². The van der Waals surface area contributed by atoms with Gasteiger partial charge in [0.15, 0.2) is 11.5 Å². The van der Waals surface area contributed by atoms with Crippen molar-refractivity contribution in [3.63, 3.8) is 0 Å². The summed E-state index contributed by atoms with van der Waals surface area (Å²) in [4.78, 5) is 29.1. The summed E-state index contributed by atoms with van der Waals surface area (Å²) in [7, 11) is 3.01. The van der Waals surface area contributed by atoms with E-state index in [9.17, 15) is 9.59 Å². The minimum atomic E-state index is -0.789. The molecule has 0 spiro atoms. The molecule has 146 valence electrons. The fourth-order valence-electron chi connectivity index (χ4n) is 2.53. The molecule has 28 heavy (non-hydrogen) atoms. The zero-order valence-electron chi connectivity index (χ0n) is 15.4. The molecule has 9 heteroatoms. The quantitative estimate of drug-likeness (QED) is 0.449. The molecule has 0 bridgehead atoms. The van der Waals surface area contributed by atoms with E-state index >= 15 is 0 Å². The maximum atomic E-state index is 12.9. The number of nitrogens with one attached hydrogen (secondary N) is 1. The highest BCUT2D eigenvalue weighted by atomic mass is 32.2. The van der Waals surface area contributed by atoms with Crippen LogP contribution in [0.15, 0.2) is 59.3 Å². The smallest absolute Gasteiger partial charge is 0.487 e. The minimum absolute atomic E-state index is 0.00959. The largest absolute Gasteiger partial charge is 0.508 e. The fourth-order valence-corrected chi connectivity index (χ4v) is 3.48. The molecule has 3 rings (SSSR count). The average Bonchev–Trinajstić information content (AvgIpc) is 2.71. The van der Waals surface area contributed by atoms with Crippen molar-refractivity contribution < 1.29 is 23.8 Å². The highest BCUT2D eigenvalue weighted by Gasteiger charge is 2.30. The predicted octanol–water partition coefficient (Wildman–Crippen LogP) is 3.14. The van der Waals surface area contributed by atoms with Crippen LogP contribution in [0.4, 0.5) is 10.6 Å². The topological polar surface area (TPSA) is 90.0 Å². The van der Waals surface area contributed by atoms with Crippen molar-refractivity contribution in [2.45, 2.75) is 4.90 Å². The Hall–Kier alpha value is -3.20. The van der Waals surface area contributed by atoms with Crippen molar-refractivity contribution in [2.75, 3.05) is 32.7 Å². The van der Waals surface area contributed by atoms with Gasteiger partial charge >= 0.3 is 6.16 Å². The first-order chi connectivity index (χ1) is 13.6. The summed E-state index contributed by atoms with van der Waals surface area (Å²) in [5, 5.41) is 2.77. The molecule has 0 saturated carbocycles. The normalized spacial score (nSPS) is 12.9. The zero-order chi connectivity index (χ0) is 19.9. The van der Waals surface area contributed by atoms with Gasteiger partial charge < -0.3 is 23.8 Å². The number of carbonyl (C=O) groups excluding carboxylic acids is 2. The van der Waals surface area contributed by atoms with Crippen molar-refractivity contribution in [1.82, 2.24) is 9.29 Å². The lowest BCUT2D eigenvalue weighted by molar-refractivity contribution is -0.113. The van der Waals surface area contributed by atoms with Crippen LogP contribution in [0.1, 0.15) is 5.56 Å². The summed E-state index contributed by atoms with van der Waals surface area (Å²) in [6.07, 6.45) is 0.808. The summed E-state index contributed by atoms with van der Waals surface area (Å²) in [5.74, 6) is 0.483. The van der Waals surface area contributed by atoms with Crippen molar-refractivity contribution in [3.8, 4) is 0 Å². The first-order valence-electron chi connectivity index (χ1n) is 8.41. The maximum Gasteiger partial charge on any atom is 0.508 e. The first kappa shape index (κ1) is 19.6. The van der Waals surface area contributed by atoms with Gasteiger partial charge in [0, 0.05) is 23.7 Å². The molecule has 1 aromatic heterocycles. The monoisotopic (exact) mass is 401 g/mol. The minimum Gasteiger partial charge on any atom is -0.487 e. The van der Waals surface area contributed by atoms with Crippen LogP contribution in [-0.2, 0) is 19.0 Å².